The predicted octanol–water partition coefficient (Wildman–Crippen LogP) is 2.88. The SMILES string of the molecule is CCCCOCCOC(=O)c1cccc(NC(C)C)n1. The Morgan fingerprint density at radius 1 is 1.30 bits per heavy atom. The number of rotatable bonds is 9. The highest BCUT2D eigenvalue weighted by Gasteiger charge is 2.09. The molecular formula is C15H24N2O3. The number of hydrogen-bond acceptors (Lipinski definition) is 5. The Labute approximate surface area is 120 Å². The summed E-state index contributed by atoms with van der Waals surface area (Å²) >= 11 is 0. The number of nitrogens with zero attached hydrogens (tertiary/aromatic N) is 1. The maximum atomic E-state index is 11.8. The zero-order valence-electron chi connectivity index (χ0n) is 12.5. The van der Waals surface area contributed by atoms with E-state index >= 15 is 0 Å². The Morgan fingerprint density at radius 3 is 2.80 bits per heavy atom. The Balaban J connectivity index is 2.35. The molecule has 1 rings (SSSR count). The number of aromatic nitrogens is 1. The van der Waals surface area contributed by atoms with Crippen LogP contribution < -0.4 is 5.32 Å². The summed E-state index contributed by atoms with van der Waals surface area (Å²) in [5.41, 5.74) is 0.309. The van der Waals surface area contributed by atoms with Crippen LogP contribution in [0.15, 0.2) is 18.2 Å². The van der Waals surface area contributed by atoms with E-state index in [1.165, 1.54) is 0 Å². The maximum absolute atomic E-state index is 11.8. The maximum Gasteiger partial charge on any atom is 0.357 e. The van der Waals surface area contributed by atoms with Crippen molar-refractivity contribution in [3.63, 3.8) is 0 Å². The van der Waals surface area contributed by atoms with Gasteiger partial charge in [0.05, 0.1) is 6.61 Å². The van der Waals surface area contributed by atoms with Crippen molar-refractivity contribution in [3.05, 3.63) is 23.9 Å². The van der Waals surface area contributed by atoms with Crippen LogP contribution in [-0.2, 0) is 9.47 Å². The van der Waals surface area contributed by atoms with E-state index < -0.39 is 5.97 Å². The number of ether oxygens (including phenoxy) is 2. The van der Waals surface area contributed by atoms with Crippen LogP contribution >= 0.6 is 0 Å². The van der Waals surface area contributed by atoms with Crippen LogP contribution in [0.4, 0.5) is 5.82 Å². The summed E-state index contributed by atoms with van der Waals surface area (Å²) < 4.78 is 10.4. The molecule has 1 aromatic rings. The van der Waals surface area contributed by atoms with Gasteiger partial charge in [0.1, 0.15) is 12.4 Å². The summed E-state index contributed by atoms with van der Waals surface area (Å²) in [6.45, 7) is 7.52. The number of carbonyl (C=O) groups excluding carboxylic acids is 1. The lowest BCUT2D eigenvalue weighted by atomic mass is 10.3. The van der Waals surface area contributed by atoms with Crippen LogP contribution in [0, 0.1) is 0 Å². The van der Waals surface area contributed by atoms with Crippen molar-refractivity contribution in [1.82, 2.24) is 4.98 Å². The first kappa shape index (κ1) is 16.4. The molecule has 5 heteroatoms. The third-order valence-electron chi connectivity index (χ3n) is 2.50. The first-order chi connectivity index (χ1) is 9.63. The van der Waals surface area contributed by atoms with Crippen molar-refractivity contribution in [2.45, 2.75) is 39.7 Å². The van der Waals surface area contributed by atoms with Crippen molar-refractivity contribution >= 4 is 11.8 Å². The molecule has 0 amide bonds. The lowest BCUT2D eigenvalue weighted by Gasteiger charge is -2.10. The van der Waals surface area contributed by atoms with Crippen LogP contribution in [0.3, 0.4) is 0 Å². The number of esters is 1. The molecule has 20 heavy (non-hydrogen) atoms. The quantitative estimate of drug-likeness (QED) is 0.556. The van der Waals surface area contributed by atoms with Gasteiger partial charge in [-0.1, -0.05) is 19.4 Å². The fourth-order valence-electron chi connectivity index (χ4n) is 1.54. The predicted molar refractivity (Wildman–Crippen MR) is 79.0 cm³/mol. The molecule has 0 aliphatic heterocycles. The van der Waals surface area contributed by atoms with Crippen LogP contribution in [-0.4, -0.2) is 36.8 Å². The van der Waals surface area contributed by atoms with Crippen molar-refractivity contribution in [2.75, 3.05) is 25.1 Å². The fraction of sp³-hybridized carbons (Fsp3) is 0.600. The molecule has 1 N–H and O–H groups in total. The average molecular weight is 280 g/mol. The second kappa shape index (κ2) is 9.31. The Bertz CT molecular complexity index is 408. The van der Waals surface area contributed by atoms with Gasteiger partial charge in [-0.25, -0.2) is 9.78 Å². The van der Waals surface area contributed by atoms with Gasteiger partial charge in [0, 0.05) is 12.6 Å². The van der Waals surface area contributed by atoms with Gasteiger partial charge in [-0.3, -0.25) is 0 Å². The third-order valence-corrected chi connectivity index (χ3v) is 2.50. The summed E-state index contributed by atoms with van der Waals surface area (Å²) in [5.74, 6) is 0.255. The number of hydrogen-bond donors (Lipinski definition) is 1. The molecule has 0 aliphatic rings. The summed E-state index contributed by atoms with van der Waals surface area (Å²) in [7, 11) is 0. The van der Waals surface area contributed by atoms with Crippen LogP contribution in [0.25, 0.3) is 0 Å². The molecule has 0 atom stereocenters. The van der Waals surface area contributed by atoms with Gasteiger partial charge < -0.3 is 14.8 Å². The van der Waals surface area contributed by atoms with E-state index in [1.807, 2.05) is 19.9 Å². The molecule has 5 nitrogen and oxygen atoms in total. The van der Waals surface area contributed by atoms with E-state index in [2.05, 4.69) is 17.2 Å². The molecule has 0 fully saturated rings. The molecule has 0 spiro atoms. The van der Waals surface area contributed by atoms with Gasteiger partial charge in [-0.05, 0) is 32.4 Å². The number of unbranched alkanes of at least 4 members (excludes halogenated alkanes) is 1. The van der Waals surface area contributed by atoms with E-state index in [1.54, 1.807) is 12.1 Å². The summed E-state index contributed by atoms with van der Waals surface area (Å²) in [4.78, 5) is 16.0. The second-order valence-electron chi connectivity index (χ2n) is 4.81. The summed E-state index contributed by atoms with van der Waals surface area (Å²) in [5, 5.41) is 3.15. The lowest BCUT2D eigenvalue weighted by Crippen LogP contribution is -2.15. The van der Waals surface area contributed by atoms with Crippen LogP contribution in [0.1, 0.15) is 44.1 Å². The minimum absolute atomic E-state index is 0.256. The van der Waals surface area contributed by atoms with Gasteiger partial charge >= 0.3 is 5.97 Å². The standard InChI is InChI=1S/C15H24N2O3/c1-4-5-9-19-10-11-20-15(18)13-7-6-8-14(17-13)16-12(2)3/h6-8,12H,4-5,9-11H2,1-3H3,(H,16,17). The largest absolute Gasteiger partial charge is 0.459 e. The molecule has 1 heterocycles. The highest BCUT2D eigenvalue weighted by molar-refractivity contribution is 5.87. The topological polar surface area (TPSA) is 60.5 Å². The van der Waals surface area contributed by atoms with Crippen molar-refractivity contribution < 1.29 is 14.3 Å². The smallest absolute Gasteiger partial charge is 0.357 e. The minimum atomic E-state index is -0.420. The molecule has 0 aromatic carbocycles. The fourth-order valence-corrected chi connectivity index (χ4v) is 1.54. The highest BCUT2D eigenvalue weighted by atomic mass is 16.6. The monoisotopic (exact) mass is 280 g/mol. The molecular weight excluding hydrogens is 256 g/mol. The van der Waals surface area contributed by atoms with Gasteiger partial charge in [0.15, 0.2) is 5.69 Å². The van der Waals surface area contributed by atoms with Gasteiger partial charge in [0.2, 0.25) is 0 Å². The van der Waals surface area contributed by atoms with E-state index in [0.717, 1.165) is 12.8 Å². The van der Waals surface area contributed by atoms with Crippen molar-refractivity contribution in [1.29, 1.82) is 0 Å². The molecule has 0 aliphatic carbocycles. The Hall–Kier alpha value is -1.62. The number of carbonyl (C=O) groups is 1. The molecule has 0 saturated carbocycles. The van der Waals surface area contributed by atoms with E-state index in [0.29, 0.717) is 24.7 Å². The average Bonchev–Trinajstić information content (AvgIpc) is 2.42. The zero-order valence-corrected chi connectivity index (χ0v) is 12.5. The van der Waals surface area contributed by atoms with Gasteiger partial charge in [-0.15, -0.1) is 0 Å². The molecule has 0 bridgehead atoms. The number of pyridine rings is 1. The van der Waals surface area contributed by atoms with Crippen molar-refractivity contribution in [2.24, 2.45) is 0 Å². The molecule has 0 unspecified atom stereocenters. The first-order valence-electron chi connectivity index (χ1n) is 7.12. The zero-order chi connectivity index (χ0) is 14.8. The number of anilines is 1. The first-order valence-corrected chi connectivity index (χ1v) is 7.12. The minimum Gasteiger partial charge on any atom is -0.459 e. The number of nitrogens with one attached hydrogen (secondary N) is 1. The van der Waals surface area contributed by atoms with Crippen molar-refractivity contribution in [3.8, 4) is 0 Å². The summed E-state index contributed by atoms with van der Waals surface area (Å²) in [6, 6.07) is 5.52. The normalized spacial score (nSPS) is 10.6. The Morgan fingerprint density at radius 2 is 2.10 bits per heavy atom. The van der Waals surface area contributed by atoms with Gasteiger partial charge in [-0.2, -0.15) is 0 Å². The molecule has 1 aromatic heterocycles. The lowest BCUT2D eigenvalue weighted by molar-refractivity contribution is 0.0308. The highest BCUT2D eigenvalue weighted by Crippen LogP contribution is 2.07. The molecule has 0 radical (unpaired) electrons. The van der Waals surface area contributed by atoms with Gasteiger partial charge in [0.25, 0.3) is 0 Å². The van der Waals surface area contributed by atoms with Crippen LogP contribution in [0.5, 0.6) is 0 Å². The molecule has 0 saturated heterocycles. The van der Waals surface area contributed by atoms with E-state index in [-0.39, 0.29) is 12.6 Å². The molecule has 112 valence electrons. The van der Waals surface area contributed by atoms with E-state index in [9.17, 15) is 4.79 Å². The Kier molecular flexibility index (Phi) is 7.65. The second-order valence-corrected chi connectivity index (χ2v) is 4.81. The third kappa shape index (κ3) is 6.52. The summed E-state index contributed by atoms with van der Waals surface area (Å²) in [6.07, 6.45) is 2.12. The van der Waals surface area contributed by atoms with E-state index in [4.69, 9.17) is 9.47 Å². The van der Waals surface area contributed by atoms with Crippen LogP contribution in [0.2, 0.25) is 0 Å².